The number of ether oxygens (including phenoxy) is 1. The molecular weight excluding hydrogens is 505 g/mol. The molecule has 5 rings (SSSR count). The topological polar surface area (TPSA) is 83.2 Å². The van der Waals surface area contributed by atoms with Gasteiger partial charge in [0.05, 0.1) is 29.5 Å². The lowest BCUT2D eigenvalue weighted by Gasteiger charge is -2.25. The number of aldehydes is 1. The molecule has 0 atom stereocenters. The molecule has 1 saturated heterocycles. The summed E-state index contributed by atoms with van der Waals surface area (Å²) in [6, 6.07) is 10.4. The van der Waals surface area contributed by atoms with Gasteiger partial charge in [0, 0.05) is 57.7 Å². The first-order valence-electron chi connectivity index (χ1n) is 12.9. The van der Waals surface area contributed by atoms with E-state index in [1.54, 1.807) is 31.3 Å². The maximum absolute atomic E-state index is 13.9. The van der Waals surface area contributed by atoms with E-state index >= 15 is 0 Å². The highest BCUT2D eigenvalue weighted by Crippen LogP contribution is 2.41. The molecule has 1 fully saturated rings. The van der Waals surface area contributed by atoms with Crippen LogP contribution in [-0.2, 0) is 25.9 Å². The summed E-state index contributed by atoms with van der Waals surface area (Å²) in [5.74, 6) is -0.197. The van der Waals surface area contributed by atoms with Crippen LogP contribution in [0.4, 0.5) is 4.39 Å². The monoisotopic (exact) mass is 537 g/mol. The van der Waals surface area contributed by atoms with Crippen molar-refractivity contribution < 1.29 is 22.3 Å². The third kappa shape index (κ3) is 5.05. The molecule has 38 heavy (non-hydrogen) atoms. The van der Waals surface area contributed by atoms with E-state index in [-0.39, 0.29) is 17.5 Å². The summed E-state index contributed by atoms with van der Waals surface area (Å²) in [6.45, 7) is 6.99. The Balaban J connectivity index is 1.85. The number of nitrogens with zero attached hydrogens (tertiary/aromatic N) is 3. The summed E-state index contributed by atoms with van der Waals surface area (Å²) in [6.07, 6.45) is 5.99. The van der Waals surface area contributed by atoms with Crippen LogP contribution in [0.25, 0.3) is 33.6 Å². The summed E-state index contributed by atoms with van der Waals surface area (Å²) >= 11 is 0. The zero-order chi connectivity index (χ0) is 27.1. The number of rotatable bonds is 8. The molecule has 0 unspecified atom stereocenters. The van der Waals surface area contributed by atoms with Crippen molar-refractivity contribution in [3.63, 3.8) is 0 Å². The smallest absolute Gasteiger partial charge is 0.171 e. The summed E-state index contributed by atoms with van der Waals surface area (Å²) in [7, 11) is -3.38. The van der Waals surface area contributed by atoms with Crippen LogP contribution in [-0.4, -0.2) is 48.0 Å². The number of halogens is 1. The minimum Gasteiger partial charge on any atom is -0.381 e. The summed E-state index contributed by atoms with van der Waals surface area (Å²) < 4.78 is 48.5. The van der Waals surface area contributed by atoms with Gasteiger partial charge < -0.3 is 14.1 Å². The highest BCUT2D eigenvalue weighted by molar-refractivity contribution is 7.94. The van der Waals surface area contributed by atoms with Crippen LogP contribution in [0, 0.1) is 11.2 Å². The van der Waals surface area contributed by atoms with Crippen molar-refractivity contribution >= 4 is 44.0 Å². The Morgan fingerprint density at radius 1 is 1.13 bits per heavy atom. The molecule has 2 aromatic carbocycles. The van der Waals surface area contributed by atoms with Crippen LogP contribution in [0.5, 0.6) is 0 Å². The molecule has 1 aliphatic rings. The molecule has 0 aliphatic carbocycles. The molecule has 0 bridgehead atoms. The van der Waals surface area contributed by atoms with E-state index in [2.05, 4.69) is 9.67 Å². The minimum absolute atomic E-state index is 0.00446. The van der Waals surface area contributed by atoms with Crippen molar-refractivity contribution in [2.45, 2.75) is 46.1 Å². The third-order valence-electron chi connectivity index (χ3n) is 7.22. The quantitative estimate of drug-likeness (QED) is 0.272. The van der Waals surface area contributed by atoms with Gasteiger partial charge in [0.1, 0.15) is 12.1 Å². The molecule has 0 spiro atoms. The van der Waals surface area contributed by atoms with E-state index in [4.69, 9.17) is 4.74 Å². The Hall–Kier alpha value is -3.30. The predicted octanol–water partition coefficient (Wildman–Crippen LogP) is 5.64. The summed E-state index contributed by atoms with van der Waals surface area (Å²) in [4.78, 5) is 11.6. The maximum atomic E-state index is 13.9. The van der Waals surface area contributed by atoms with Crippen molar-refractivity contribution in [2.75, 3.05) is 19.0 Å². The van der Waals surface area contributed by atoms with Crippen LogP contribution in [0.3, 0.4) is 0 Å². The van der Waals surface area contributed by atoms with Gasteiger partial charge >= 0.3 is 0 Å². The van der Waals surface area contributed by atoms with Gasteiger partial charge in [0.15, 0.2) is 9.84 Å². The van der Waals surface area contributed by atoms with Crippen LogP contribution >= 0.6 is 0 Å². The van der Waals surface area contributed by atoms with Crippen molar-refractivity contribution in [1.82, 2.24) is 14.3 Å². The lowest BCUT2D eigenvalue weighted by atomic mass is 9.92. The third-order valence-corrected chi connectivity index (χ3v) is 8.58. The molecule has 0 N–H and O–H groups in total. The molecular formula is C29H32FN3O4S. The fourth-order valence-corrected chi connectivity index (χ4v) is 5.67. The highest BCUT2D eigenvalue weighted by atomic mass is 32.2. The van der Waals surface area contributed by atoms with Crippen LogP contribution in [0.15, 0.2) is 48.0 Å². The average Bonchev–Trinajstić information content (AvgIpc) is 3.45. The van der Waals surface area contributed by atoms with E-state index in [9.17, 15) is 17.6 Å². The van der Waals surface area contributed by atoms with E-state index < -0.39 is 15.3 Å². The second-order valence-corrected chi connectivity index (χ2v) is 12.8. The van der Waals surface area contributed by atoms with Gasteiger partial charge in [-0.25, -0.2) is 12.8 Å². The molecule has 4 aromatic rings. The van der Waals surface area contributed by atoms with Gasteiger partial charge in [0.2, 0.25) is 0 Å². The van der Waals surface area contributed by atoms with Crippen molar-refractivity contribution in [1.29, 1.82) is 0 Å². The molecule has 9 heteroatoms. The Morgan fingerprint density at radius 2 is 1.84 bits per heavy atom. The molecule has 1 aliphatic heterocycles. The Kier molecular flexibility index (Phi) is 7.00. The van der Waals surface area contributed by atoms with Crippen molar-refractivity contribution in [2.24, 2.45) is 5.41 Å². The fourth-order valence-electron chi connectivity index (χ4n) is 5.14. The standard InChI is InChI=1S/C29H32FN3O4S/c1-4-38(35,36)14-11-24-25-16-26-21(17-31-32(26)18-29(2,3)19-34)15-27(25)33(23-7-5-22(30)6-8-23)28(24)20-9-12-37-13-10-20/h5-8,11,14-17,19-20H,4,9-10,12-13,18H2,1-3H3/b14-11+. The highest BCUT2D eigenvalue weighted by Gasteiger charge is 2.27. The number of benzene rings is 2. The van der Waals surface area contributed by atoms with E-state index in [0.29, 0.717) is 19.8 Å². The first-order valence-corrected chi connectivity index (χ1v) is 14.6. The number of sulfone groups is 1. The van der Waals surface area contributed by atoms with E-state index in [1.807, 2.05) is 30.7 Å². The second-order valence-electron chi connectivity index (χ2n) is 10.6. The normalized spacial score (nSPS) is 15.7. The summed E-state index contributed by atoms with van der Waals surface area (Å²) in [5, 5.41) is 7.61. The number of carbonyl (C=O) groups excluding carboxylic acids is 1. The Labute approximate surface area is 221 Å². The fraction of sp³-hybridized carbons (Fsp3) is 0.379. The van der Waals surface area contributed by atoms with Crippen molar-refractivity contribution in [3.05, 3.63) is 65.1 Å². The SMILES string of the molecule is CCS(=O)(=O)/C=C/c1c(C2CCOCC2)n(-c2ccc(F)cc2)c2cc3cnn(CC(C)(C)C=O)c3cc12. The van der Waals surface area contributed by atoms with Gasteiger partial charge in [-0.3, -0.25) is 4.68 Å². The van der Waals surface area contributed by atoms with Crippen molar-refractivity contribution in [3.8, 4) is 5.69 Å². The molecule has 0 saturated carbocycles. The zero-order valence-corrected chi connectivity index (χ0v) is 22.7. The van der Waals surface area contributed by atoms with Gasteiger partial charge in [-0.15, -0.1) is 0 Å². The van der Waals surface area contributed by atoms with Gasteiger partial charge in [-0.2, -0.15) is 5.10 Å². The molecule has 200 valence electrons. The first-order chi connectivity index (χ1) is 18.1. The lowest BCUT2D eigenvalue weighted by molar-refractivity contribution is -0.115. The molecule has 7 nitrogen and oxygen atoms in total. The Morgan fingerprint density at radius 3 is 2.50 bits per heavy atom. The van der Waals surface area contributed by atoms with E-state index in [0.717, 1.165) is 57.9 Å². The number of hydrogen-bond acceptors (Lipinski definition) is 5. The summed E-state index contributed by atoms with van der Waals surface area (Å²) in [5.41, 5.74) is 3.74. The Bertz CT molecular complexity index is 1630. The number of fused-ring (bicyclic) bond motifs is 2. The number of carbonyl (C=O) groups is 1. The minimum atomic E-state index is -3.38. The predicted molar refractivity (Wildman–Crippen MR) is 148 cm³/mol. The second kappa shape index (κ2) is 10.1. The van der Waals surface area contributed by atoms with Gasteiger partial charge in [-0.1, -0.05) is 20.8 Å². The molecule has 2 aromatic heterocycles. The number of aromatic nitrogens is 3. The van der Waals surface area contributed by atoms with Crippen LogP contribution in [0.2, 0.25) is 0 Å². The largest absolute Gasteiger partial charge is 0.381 e. The first kappa shape index (κ1) is 26.3. The van der Waals surface area contributed by atoms with Gasteiger partial charge in [-0.05, 0) is 55.3 Å². The molecule has 0 radical (unpaired) electrons. The van der Waals surface area contributed by atoms with Crippen LogP contribution in [0.1, 0.15) is 50.8 Å². The van der Waals surface area contributed by atoms with E-state index in [1.165, 1.54) is 17.5 Å². The zero-order valence-electron chi connectivity index (χ0n) is 21.9. The average molecular weight is 538 g/mol. The maximum Gasteiger partial charge on any atom is 0.171 e. The lowest BCUT2D eigenvalue weighted by Crippen LogP contribution is -2.21. The van der Waals surface area contributed by atoms with Crippen LogP contribution < -0.4 is 0 Å². The molecule has 3 heterocycles. The van der Waals surface area contributed by atoms with Gasteiger partial charge in [0.25, 0.3) is 0 Å². The molecule has 0 amide bonds. The number of hydrogen-bond donors (Lipinski definition) is 0.